The minimum atomic E-state index is -0.555. The quantitative estimate of drug-likeness (QED) is 0.520. The molecule has 1 aliphatic heterocycles. The molecule has 2 aromatic carbocycles. The molecular weight excluding hydrogens is 437 g/mol. The van der Waals surface area contributed by atoms with Gasteiger partial charge < -0.3 is 9.64 Å². The number of rotatable bonds is 4. The van der Waals surface area contributed by atoms with Crippen LogP contribution in [0.25, 0.3) is 22.0 Å². The van der Waals surface area contributed by atoms with Crippen molar-refractivity contribution in [3.8, 4) is 16.9 Å². The summed E-state index contributed by atoms with van der Waals surface area (Å²) < 4.78 is 19.3. The Morgan fingerprint density at radius 1 is 1.13 bits per heavy atom. The van der Waals surface area contributed by atoms with E-state index in [-0.39, 0.29) is 11.7 Å². The fourth-order valence-corrected chi connectivity index (χ4v) is 4.04. The maximum absolute atomic E-state index is 13.4. The van der Waals surface area contributed by atoms with Crippen molar-refractivity contribution in [2.24, 2.45) is 5.14 Å². The first-order chi connectivity index (χ1) is 15.0. The van der Waals surface area contributed by atoms with Gasteiger partial charge in [0.2, 0.25) is 0 Å². The number of nitrogens with two attached hydrogens (primary N) is 1. The summed E-state index contributed by atoms with van der Waals surface area (Å²) in [6.07, 6.45) is 4.40. The van der Waals surface area contributed by atoms with E-state index >= 15 is 0 Å². The van der Waals surface area contributed by atoms with E-state index in [4.69, 9.17) is 16.3 Å². The SMILES string of the molecule is CC(Oc1ccc2c(-c3ccc(F)cc3Cl)ccnc2c1)C(=O)N1CCCCC1.NS. The van der Waals surface area contributed by atoms with Gasteiger partial charge in [0, 0.05) is 36.3 Å². The number of fused-ring (bicyclic) bond motifs is 1. The molecule has 0 bridgehead atoms. The molecule has 2 N–H and O–H groups in total. The second kappa shape index (κ2) is 10.8. The normalized spacial score (nSPS) is 14.5. The number of carbonyl (C=O) groups is 1. The van der Waals surface area contributed by atoms with E-state index in [1.165, 1.54) is 18.6 Å². The van der Waals surface area contributed by atoms with Crippen LogP contribution in [0.2, 0.25) is 5.02 Å². The minimum Gasteiger partial charge on any atom is -0.481 e. The Morgan fingerprint density at radius 2 is 1.87 bits per heavy atom. The van der Waals surface area contributed by atoms with Gasteiger partial charge in [0.05, 0.1) is 10.5 Å². The lowest BCUT2D eigenvalue weighted by molar-refractivity contribution is -0.138. The van der Waals surface area contributed by atoms with Crippen LogP contribution in [-0.2, 0) is 4.79 Å². The van der Waals surface area contributed by atoms with Crippen LogP contribution >= 0.6 is 24.4 Å². The van der Waals surface area contributed by atoms with Crippen molar-refractivity contribution >= 4 is 41.2 Å². The Labute approximate surface area is 191 Å². The van der Waals surface area contributed by atoms with Gasteiger partial charge in [0.25, 0.3) is 5.91 Å². The molecule has 164 valence electrons. The summed E-state index contributed by atoms with van der Waals surface area (Å²) in [5, 5.41) is 5.42. The average molecular weight is 462 g/mol. The molecule has 4 rings (SSSR count). The van der Waals surface area contributed by atoms with E-state index in [0.29, 0.717) is 10.8 Å². The molecule has 1 atom stereocenters. The van der Waals surface area contributed by atoms with Gasteiger partial charge in [-0.15, -0.1) is 12.8 Å². The third-order valence-corrected chi connectivity index (χ3v) is 5.58. The molecule has 1 amide bonds. The van der Waals surface area contributed by atoms with Gasteiger partial charge in [-0.3, -0.25) is 14.9 Å². The molecule has 2 heterocycles. The van der Waals surface area contributed by atoms with Crippen molar-refractivity contribution in [2.45, 2.75) is 32.3 Å². The Bertz CT molecular complexity index is 1060. The molecule has 8 heteroatoms. The van der Waals surface area contributed by atoms with Crippen LogP contribution < -0.4 is 9.88 Å². The predicted molar refractivity (Wildman–Crippen MR) is 126 cm³/mol. The number of hydrogen-bond acceptors (Lipinski definition) is 5. The first-order valence-electron chi connectivity index (χ1n) is 10.1. The number of nitrogens with zero attached hydrogens (tertiary/aromatic N) is 2. The number of thiol groups is 1. The molecule has 0 spiro atoms. The topological polar surface area (TPSA) is 68.5 Å². The van der Waals surface area contributed by atoms with Crippen LogP contribution in [0.5, 0.6) is 5.75 Å². The first kappa shape index (κ1) is 23.3. The molecule has 1 fully saturated rings. The molecule has 5 nitrogen and oxygen atoms in total. The maximum Gasteiger partial charge on any atom is 0.263 e. The molecule has 0 radical (unpaired) electrons. The predicted octanol–water partition coefficient (Wildman–Crippen LogP) is 5.26. The summed E-state index contributed by atoms with van der Waals surface area (Å²) in [5.41, 5.74) is 2.32. The third kappa shape index (κ3) is 5.47. The molecule has 31 heavy (non-hydrogen) atoms. The van der Waals surface area contributed by atoms with Crippen LogP contribution in [0.15, 0.2) is 48.7 Å². The smallest absolute Gasteiger partial charge is 0.263 e. The third-order valence-electron chi connectivity index (χ3n) is 5.26. The van der Waals surface area contributed by atoms with Crippen molar-refractivity contribution in [3.05, 3.63) is 59.5 Å². The lowest BCUT2D eigenvalue weighted by atomic mass is 10.0. The van der Waals surface area contributed by atoms with Gasteiger partial charge >= 0.3 is 0 Å². The number of piperidine rings is 1. The summed E-state index contributed by atoms with van der Waals surface area (Å²) in [6.45, 7) is 3.38. The van der Waals surface area contributed by atoms with Gasteiger partial charge in [0.1, 0.15) is 11.6 Å². The minimum absolute atomic E-state index is 0.0181. The maximum atomic E-state index is 13.4. The molecule has 1 unspecified atom stereocenters. The molecular formula is C23H25ClFN3O2S. The van der Waals surface area contributed by atoms with Crippen molar-refractivity contribution in [2.75, 3.05) is 13.1 Å². The number of likely N-dealkylation sites (tertiary alicyclic amines) is 1. The fraction of sp³-hybridized carbons (Fsp3) is 0.304. The highest BCUT2D eigenvalue weighted by Gasteiger charge is 2.23. The van der Waals surface area contributed by atoms with Crippen LogP contribution in [0.3, 0.4) is 0 Å². The molecule has 1 aliphatic rings. The van der Waals surface area contributed by atoms with Gasteiger partial charge in [0.15, 0.2) is 6.10 Å². The van der Waals surface area contributed by atoms with Crippen molar-refractivity contribution in [1.29, 1.82) is 0 Å². The Morgan fingerprint density at radius 3 is 2.58 bits per heavy atom. The number of ether oxygens (including phenoxy) is 1. The largest absolute Gasteiger partial charge is 0.481 e. The number of aromatic nitrogens is 1. The number of halogens is 2. The van der Waals surface area contributed by atoms with E-state index in [9.17, 15) is 9.18 Å². The van der Waals surface area contributed by atoms with Crippen LogP contribution in [0, 0.1) is 5.82 Å². The van der Waals surface area contributed by atoms with E-state index in [1.807, 2.05) is 29.2 Å². The number of hydrogen-bond donors (Lipinski definition) is 2. The van der Waals surface area contributed by atoms with Crippen LogP contribution in [0.1, 0.15) is 26.2 Å². The van der Waals surface area contributed by atoms with Crippen molar-refractivity contribution < 1.29 is 13.9 Å². The van der Waals surface area contributed by atoms with Gasteiger partial charge in [-0.05, 0) is 68.1 Å². The second-order valence-corrected chi connectivity index (χ2v) is 7.71. The van der Waals surface area contributed by atoms with Crippen LogP contribution in [0.4, 0.5) is 4.39 Å². The zero-order chi connectivity index (χ0) is 22.4. The lowest BCUT2D eigenvalue weighted by Crippen LogP contribution is -2.43. The summed E-state index contributed by atoms with van der Waals surface area (Å²) in [5.74, 6) is 0.231. The van der Waals surface area contributed by atoms with Crippen molar-refractivity contribution in [1.82, 2.24) is 9.88 Å². The van der Waals surface area contributed by atoms with Gasteiger partial charge in [-0.1, -0.05) is 11.6 Å². The standard InChI is InChI=1S/C23H22ClFN2O2.H3NS/c1-15(23(28)27-11-3-2-4-12-27)29-17-6-8-20-18(9-10-26-22(20)14-17)19-7-5-16(25)13-21(19)24;1-2/h5-10,13-15H,2-4,11-12H2,1H3;2H,1H2. The number of carbonyl (C=O) groups excluding carboxylic acids is 1. The highest BCUT2D eigenvalue weighted by Crippen LogP contribution is 2.34. The number of amides is 1. The highest BCUT2D eigenvalue weighted by molar-refractivity contribution is 7.77. The fourth-order valence-electron chi connectivity index (χ4n) is 3.77. The Kier molecular flexibility index (Phi) is 8.12. The molecule has 3 aromatic rings. The summed E-state index contributed by atoms with van der Waals surface area (Å²) in [4.78, 5) is 18.9. The number of benzene rings is 2. The molecule has 0 saturated carbocycles. The Hall–Kier alpha value is -2.35. The van der Waals surface area contributed by atoms with Gasteiger partial charge in [-0.25, -0.2) is 4.39 Å². The van der Waals surface area contributed by atoms with E-state index in [2.05, 4.69) is 22.9 Å². The van der Waals surface area contributed by atoms with E-state index < -0.39 is 6.10 Å². The van der Waals surface area contributed by atoms with E-state index in [1.54, 1.807) is 19.2 Å². The lowest BCUT2D eigenvalue weighted by Gasteiger charge is -2.29. The zero-order valence-electron chi connectivity index (χ0n) is 17.2. The monoisotopic (exact) mass is 461 g/mol. The summed E-state index contributed by atoms with van der Waals surface area (Å²) in [7, 11) is 0. The Balaban J connectivity index is 0.00000132. The first-order valence-corrected chi connectivity index (χ1v) is 11.0. The van der Waals surface area contributed by atoms with E-state index in [0.717, 1.165) is 48.0 Å². The zero-order valence-corrected chi connectivity index (χ0v) is 18.9. The highest BCUT2D eigenvalue weighted by atomic mass is 35.5. The van der Waals surface area contributed by atoms with Crippen molar-refractivity contribution in [3.63, 3.8) is 0 Å². The summed E-state index contributed by atoms with van der Waals surface area (Å²) in [6, 6.07) is 11.7. The molecule has 1 aromatic heterocycles. The molecule has 1 saturated heterocycles. The van der Waals surface area contributed by atoms with Crippen LogP contribution in [-0.4, -0.2) is 35.0 Å². The molecule has 0 aliphatic carbocycles. The number of pyridine rings is 1. The van der Waals surface area contributed by atoms with Gasteiger partial charge in [-0.2, -0.15) is 0 Å². The second-order valence-electron chi connectivity index (χ2n) is 7.31. The average Bonchev–Trinajstić information content (AvgIpc) is 2.80. The summed E-state index contributed by atoms with van der Waals surface area (Å²) >= 11 is 9.27.